The van der Waals surface area contributed by atoms with E-state index in [0.717, 1.165) is 12.4 Å². The second kappa shape index (κ2) is 10.5. The third kappa shape index (κ3) is 5.72. The van der Waals surface area contributed by atoms with Gasteiger partial charge in [0.1, 0.15) is 18.3 Å². The molecule has 0 radical (unpaired) electrons. The largest absolute Gasteiger partial charge is 0.289 e. The number of aromatic nitrogens is 2. The topological polar surface area (TPSA) is 8.81 Å². The Morgan fingerprint density at radius 3 is 2.48 bits per heavy atom. The van der Waals surface area contributed by atoms with Crippen molar-refractivity contribution in [3.05, 3.63) is 42.7 Å². The summed E-state index contributed by atoms with van der Waals surface area (Å²) in [6.45, 7) is 5.65. The van der Waals surface area contributed by atoms with E-state index in [1.807, 2.05) is 11.8 Å². The van der Waals surface area contributed by atoms with E-state index in [1.54, 1.807) is 0 Å². The Labute approximate surface area is 145 Å². The van der Waals surface area contributed by atoms with Gasteiger partial charge in [0.2, 0.25) is 0 Å². The summed E-state index contributed by atoms with van der Waals surface area (Å²) in [6.07, 6.45) is 12.3. The molecule has 0 aliphatic carbocycles. The molecule has 1 aromatic carbocycles. The number of rotatable bonds is 11. The number of benzene rings is 1. The lowest BCUT2D eigenvalue weighted by Crippen LogP contribution is -2.33. The number of aryl methyl sites for hydroxylation is 1. The van der Waals surface area contributed by atoms with Gasteiger partial charge in [0.05, 0.1) is 12.1 Å². The predicted molar refractivity (Wildman–Crippen MR) is 102 cm³/mol. The minimum Gasteiger partial charge on any atom is -0.230 e. The van der Waals surface area contributed by atoms with Crippen LogP contribution in [0.25, 0.3) is 11.4 Å². The monoisotopic (exact) mass is 331 g/mol. The molecule has 0 aliphatic heterocycles. The number of imidazole rings is 1. The molecule has 0 atom stereocenters. The summed E-state index contributed by atoms with van der Waals surface area (Å²) in [7, 11) is 0. The Kier molecular flexibility index (Phi) is 8.30. The van der Waals surface area contributed by atoms with Crippen molar-refractivity contribution < 1.29 is 4.57 Å². The minimum atomic E-state index is 1.05. The molecule has 0 amide bonds. The highest BCUT2D eigenvalue weighted by molar-refractivity contribution is 7.98. The summed E-state index contributed by atoms with van der Waals surface area (Å²) in [6, 6.07) is 10.8. The summed E-state index contributed by atoms with van der Waals surface area (Å²) in [5, 5.41) is 0. The van der Waals surface area contributed by atoms with Gasteiger partial charge in [-0.3, -0.25) is 0 Å². The van der Waals surface area contributed by atoms with Crippen LogP contribution >= 0.6 is 11.8 Å². The van der Waals surface area contributed by atoms with Gasteiger partial charge in [-0.1, -0.05) is 51.3 Å². The van der Waals surface area contributed by atoms with E-state index in [4.69, 9.17) is 0 Å². The average molecular weight is 332 g/mol. The molecule has 0 spiro atoms. The van der Waals surface area contributed by atoms with E-state index in [1.165, 1.54) is 55.7 Å². The highest BCUT2D eigenvalue weighted by Gasteiger charge is 2.18. The molecule has 0 unspecified atom stereocenters. The molecule has 0 fully saturated rings. The Bertz CT molecular complexity index is 519. The van der Waals surface area contributed by atoms with E-state index >= 15 is 0 Å². The normalized spacial score (nSPS) is 11.0. The first-order valence-corrected chi connectivity index (χ1v) is 10.2. The van der Waals surface area contributed by atoms with Gasteiger partial charge in [-0.05, 0) is 37.1 Å². The first-order valence-electron chi connectivity index (χ1n) is 9.08. The summed E-state index contributed by atoms with van der Waals surface area (Å²) in [4.78, 5) is 0. The zero-order chi connectivity index (χ0) is 16.3. The maximum Gasteiger partial charge on any atom is 0.289 e. The Balaban J connectivity index is 2.10. The van der Waals surface area contributed by atoms with Gasteiger partial charge < -0.3 is 0 Å². The highest BCUT2D eigenvalue weighted by Crippen LogP contribution is 2.18. The third-order valence-electron chi connectivity index (χ3n) is 4.13. The molecule has 0 bridgehead atoms. The number of hydrogen-bond donors (Lipinski definition) is 0. The summed E-state index contributed by atoms with van der Waals surface area (Å²) in [5.41, 5.74) is 1.32. The Hall–Kier alpha value is -1.22. The molecular formula is C20H31N2S+. The van der Waals surface area contributed by atoms with Gasteiger partial charge in [-0.15, -0.1) is 11.8 Å². The Morgan fingerprint density at radius 2 is 1.74 bits per heavy atom. The number of unbranched alkanes of at least 4 members (excludes halogenated alkanes) is 4. The fourth-order valence-electron chi connectivity index (χ4n) is 2.79. The molecule has 2 aromatic rings. The molecule has 0 N–H and O–H groups in total. The van der Waals surface area contributed by atoms with Gasteiger partial charge in [-0.2, -0.15) is 0 Å². The van der Waals surface area contributed by atoms with Crippen LogP contribution in [0.3, 0.4) is 0 Å². The second-order valence-corrected chi connectivity index (χ2v) is 7.18. The van der Waals surface area contributed by atoms with Crippen molar-refractivity contribution in [3.63, 3.8) is 0 Å². The van der Waals surface area contributed by atoms with E-state index in [2.05, 4.69) is 65.7 Å². The quantitative estimate of drug-likeness (QED) is 0.389. The second-order valence-electron chi connectivity index (χ2n) is 6.10. The van der Waals surface area contributed by atoms with E-state index in [9.17, 15) is 0 Å². The van der Waals surface area contributed by atoms with E-state index < -0.39 is 0 Å². The van der Waals surface area contributed by atoms with Gasteiger partial charge in [0, 0.05) is 0 Å². The van der Waals surface area contributed by atoms with Crippen LogP contribution in [0.4, 0.5) is 0 Å². The smallest absolute Gasteiger partial charge is 0.230 e. The maximum atomic E-state index is 2.44. The van der Waals surface area contributed by atoms with Crippen LogP contribution in [0.2, 0.25) is 0 Å². The average Bonchev–Trinajstić information content (AvgIpc) is 2.99. The molecule has 2 rings (SSSR count). The SMILES string of the molecule is CCCCCCn1cc[n+](CSCCCC)c1-c1ccccc1. The van der Waals surface area contributed by atoms with Crippen molar-refractivity contribution in [2.75, 3.05) is 5.75 Å². The highest BCUT2D eigenvalue weighted by atomic mass is 32.2. The maximum absolute atomic E-state index is 2.44. The zero-order valence-electron chi connectivity index (χ0n) is 14.7. The fourth-order valence-corrected chi connectivity index (χ4v) is 3.82. The van der Waals surface area contributed by atoms with E-state index in [-0.39, 0.29) is 0 Å². The summed E-state index contributed by atoms with van der Waals surface area (Å²) >= 11 is 2.03. The third-order valence-corrected chi connectivity index (χ3v) is 5.17. The van der Waals surface area contributed by atoms with Crippen LogP contribution in [-0.4, -0.2) is 10.3 Å². The van der Waals surface area contributed by atoms with E-state index in [0.29, 0.717) is 0 Å². The zero-order valence-corrected chi connectivity index (χ0v) is 15.5. The van der Waals surface area contributed by atoms with Crippen molar-refractivity contribution in [3.8, 4) is 11.4 Å². The fraction of sp³-hybridized carbons (Fsp3) is 0.550. The van der Waals surface area contributed by atoms with Crippen LogP contribution in [-0.2, 0) is 12.4 Å². The molecule has 0 saturated heterocycles. The number of nitrogens with zero attached hydrogens (tertiary/aromatic N) is 2. The number of thioether (sulfide) groups is 1. The van der Waals surface area contributed by atoms with Crippen molar-refractivity contribution in [2.45, 2.75) is 64.8 Å². The van der Waals surface area contributed by atoms with Gasteiger partial charge in [-0.25, -0.2) is 9.13 Å². The minimum absolute atomic E-state index is 1.05. The molecular weight excluding hydrogens is 300 g/mol. The van der Waals surface area contributed by atoms with Crippen molar-refractivity contribution in [2.24, 2.45) is 0 Å². The van der Waals surface area contributed by atoms with Crippen LogP contribution in [0.1, 0.15) is 52.4 Å². The standard InChI is InChI=1S/C20H31N2S/c1-3-5-7-11-14-21-15-16-22(18-23-17-6-4-2)20(21)19-12-9-8-10-13-19/h8-10,12-13,15-16H,3-7,11,14,17-18H2,1-2H3/q+1. The molecule has 126 valence electrons. The predicted octanol–water partition coefficient (Wildman–Crippen LogP) is 5.51. The van der Waals surface area contributed by atoms with Crippen LogP contribution < -0.4 is 4.57 Å². The number of hydrogen-bond acceptors (Lipinski definition) is 1. The molecule has 23 heavy (non-hydrogen) atoms. The van der Waals surface area contributed by atoms with Crippen molar-refractivity contribution in [1.29, 1.82) is 0 Å². The molecule has 1 aromatic heterocycles. The van der Waals surface area contributed by atoms with Crippen LogP contribution in [0.5, 0.6) is 0 Å². The summed E-state index contributed by atoms with van der Waals surface area (Å²) in [5.74, 6) is 3.65. The first kappa shape index (κ1) is 18.1. The van der Waals surface area contributed by atoms with Gasteiger partial charge in [0.15, 0.2) is 0 Å². The lowest BCUT2D eigenvalue weighted by molar-refractivity contribution is -0.664. The molecule has 3 heteroatoms. The Morgan fingerprint density at radius 1 is 0.957 bits per heavy atom. The molecule has 0 aliphatic rings. The lowest BCUT2D eigenvalue weighted by Gasteiger charge is -2.06. The molecule has 1 heterocycles. The van der Waals surface area contributed by atoms with Gasteiger partial charge >= 0.3 is 0 Å². The van der Waals surface area contributed by atoms with Gasteiger partial charge in [0.25, 0.3) is 5.82 Å². The van der Waals surface area contributed by atoms with Crippen molar-refractivity contribution in [1.82, 2.24) is 4.57 Å². The van der Waals surface area contributed by atoms with Crippen molar-refractivity contribution >= 4 is 11.8 Å². The molecule has 0 saturated carbocycles. The van der Waals surface area contributed by atoms with Crippen LogP contribution in [0.15, 0.2) is 42.7 Å². The molecule has 2 nitrogen and oxygen atoms in total. The lowest BCUT2D eigenvalue weighted by atomic mass is 10.2. The summed E-state index contributed by atoms with van der Waals surface area (Å²) < 4.78 is 4.85. The first-order chi connectivity index (χ1) is 11.4. The van der Waals surface area contributed by atoms with Crippen LogP contribution in [0, 0.1) is 0 Å².